The van der Waals surface area contributed by atoms with E-state index in [2.05, 4.69) is 4.74 Å². The fourth-order valence-electron chi connectivity index (χ4n) is 0.910. The molecule has 78 valence electrons. The highest BCUT2D eigenvalue weighted by molar-refractivity contribution is 5.56. The quantitative estimate of drug-likeness (QED) is 0.406. The Hall–Kier alpha value is -0.810. The molecule has 0 aromatic heterocycles. The Bertz CT molecular complexity index is 136. The van der Waals surface area contributed by atoms with Crippen molar-refractivity contribution in [3.8, 4) is 0 Å². The van der Waals surface area contributed by atoms with Crippen molar-refractivity contribution in [2.24, 2.45) is 0 Å². The van der Waals surface area contributed by atoms with Crippen LogP contribution in [0.3, 0.4) is 0 Å². The van der Waals surface area contributed by atoms with E-state index in [0.717, 1.165) is 12.8 Å². The molecule has 0 saturated carbocycles. The van der Waals surface area contributed by atoms with Crippen LogP contribution >= 0.6 is 0 Å². The third kappa shape index (κ3) is 9.10. The summed E-state index contributed by atoms with van der Waals surface area (Å²) in [5.41, 5.74) is 0. The van der Waals surface area contributed by atoms with Crippen LogP contribution in [0.2, 0.25) is 0 Å². The van der Waals surface area contributed by atoms with Gasteiger partial charge in [0.05, 0.1) is 19.3 Å². The summed E-state index contributed by atoms with van der Waals surface area (Å²) in [7, 11) is 0. The number of aliphatic hydroxyl groups is 2. The largest absolute Gasteiger partial charge is 0.505 e. The number of ether oxygens (including phenoxy) is 1. The number of carboxylic acid groups (broad SMARTS) is 1. The van der Waals surface area contributed by atoms with Crippen LogP contribution in [-0.2, 0) is 4.74 Å². The van der Waals surface area contributed by atoms with E-state index in [1.807, 2.05) is 0 Å². The van der Waals surface area contributed by atoms with E-state index in [1.54, 1.807) is 0 Å². The lowest BCUT2D eigenvalue weighted by Gasteiger charge is -2.05. The van der Waals surface area contributed by atoms with Crippen LogP contribution in [0.4, 0.5) is 4.79 Å². The fourth-order valence-corrected chi connectivity index (χ4v) is 0.910. The molecular formula is C8H16O5. The van der Waals surface area contributed by atoms with Crippen molar-refractivity contribution in [1.29, 1.82) is 0 Å². The first-order valence-electron chi connectivity index (χ1n) is 4.31. The lowest BCUT2D eigenvalue weighted by atomic mass is 10.1. The van der Waals surface area contributed by atoms with Crippen molar-refractivity contribution in [3.63, 3.8) is 0 Å². The summed E-state index contributed by atoms with van der Waals surface area (Å²) in [5, 5.41) is 25.5. The van der Waals surface area contributed by atoms with E-state index in [1.165, 1.54) is 0 Å². The second-order valence-corrected chi connectivity index (χ2v) is 2.80. The van der Waals surface area contributed by atoms with Crippen LogP contribution < -0.4 is 0 Å². The molecule has 0 rings (SSSR count). The lowest BCUT2D eigenvalue weighted by molar-refractivity contribution is 0.0813. The van der Waals surface area contributed by atoms with Crippen molar-refractivity contribution >= 4 is 6.16 Å². The van der Waals surface area contributed by atoms with Crippen LogP contribution in [0.25, 0.3) is 0 Å². The summed E-state index contributed by atoms with van der Waals surface area (Å²) < 4.78 is 4.28. The van der Waals surface area contributed by atoms with E-state index >= 15 is 0 Å². The van der Waals surface area contributed by atoms with Crippen LogP contribution in [0.5, 0.6) is 0 Å². The van der Waals surface area contributed by atoms with Crippen LogP contribution in [0, 0.1) is 0 Å². The molecule has 0 aromatic carbocycles. The van der Waals surface area contributed by atoms with Crippen LogP contribution in [0.1, 0.15) is 25.7 Å². The Kier molecular flexibility index (Phi) is 7.33. The van der Waals surface area contributed by atoms with E-state index in [-0.39, 0.29) is 13.2 Å². The molecule has 0 amide bonds. The topological polar surface area (TPSA) is 87.0 Å². The van der Waals surface area contributed by atoms with Gasteiger partial charge < -0.3 is 20.1 Å². The molecule has 0 aliphatic rings. The van der Waals surface area contributed by atoms with Gasteiger partial charge in [-0.15, -0.1) is 0 Å². The van der Waals surface area contributed by atoms with Gasteiger partial charge >= 0.3 is 6.16 Å². The van der Waals surface area contributed by atoms with Crippen LogP contribution in [-0.4, -0.2) is 40.8 Å². The molecule has 0 fully saturated rings. The summed E-state index contributed by atoms with van der Waals surface area (Å²) in [4.78, 5) is 9.89. The maximum Gasteiger partial charge on any atom is 0.505 e. The second kappa shape index (κ2) is 7.82. The first kappa shape index (κ1) is 12.2. The van der Waals surface area contributed by atoms with Gasteiger partial charge in [-0.05, 0) is 19.3 Å². The summed E-state index contributed by atoms with van der Waals surface area (Å²) in [6, 6.07) is 0. The van der Waals surface area contributed by atoms with Crippen molar-refractivity contribution in [1.82, 2.24) is 0 Å². The number of hydrogen-bond donors (Lipinski definition) is 3. The van der Waals surface area contributed by atoms with Gasteiger partial charge in [0.25, 0.3) is 0 Å². The number of carbonyl (C=O) groups is 1. The lowest BCUT2D eigenvalue weighted by Crippen LogP contribution is -2.11. The Morgan fingerprint density at radius 3 is 2.54 bits per heavy atom. The zero-order valence-electron chi connectivity index (χ0n) is 7.48. The molecular weight excluding hydrogens is 176 g/mol. The summed E-state index contributed by atoms with van der Waals surface area (Å²) in [6.45, 7) is -0.0177. The number of rotatable bonds is 7. The van der Waals surface area contributed by atoms with Crippen molar-refractivity contribution in [2.45, 2.75) is 31.8 Å². The van der Waals surface area contributed by atoms with Gasteiger partial charge in [0.2, 0.25) is 0 Å². The molecule has 5 nitrogen and oxygen atoms in total. The zero-order valence-corrected chi connectivity index (χ0v) is 7.48. The normalized spacial score (nSPS) is 12.5. The molecule has 0 aromatic rings. The van der Waals surface area contributed by atoms with Gasteiger partial charge in [0.1, 0.15) is 0 Å². The monoisotopic (exact) mass is 192 g/mol. The average Bonchev–Trinajstić information content (AvgIpc) is 2.10. The van der Waals surface area contributed by atoms with Crippen molar-refractivity contribution in [3.05, 3.63) is 0 Å². The number of aliphatic hydroxyl groups excluding tert-OH is 2. The molecule has 0 heterocycles. The predicted molar refractivity (Wildman–Crippen MR) is 45.5 cm³/mol. The molecule has 0 bridgehead atoms. The molecule has 0 spiro atoms. The molecule has 13 heavy (non-hydrogen) atoms. The third-order valence-corrected chi connectivity index (χ3v) is 1.62. The minimum Gasteiger partial charge on any atom is -0.450 e. The fraction of sp³-hybridized carbons (Fsp3) is 0.875. The summed E-state index contributed by atoms with van der Waals surface area (Å²) >= 11 is 0. The first-order chi connectivity index (χ1) is 6.16. The minimum atomic E-state index is -1.25. The second-order valence-electron chi connectivity index (χ2n) is 2.80. The molecule has 1 unspecified atom stereocenters. The maximum absolute atomic E-state index is 9.89. The molecule has 0 radical (unpaired) electrons. The van der Waals surface area contributed by atoms with Crippen molar-refractivity contribution < 1.29 is 24.9 Å². The molecule has 0 aliphatic carbocycles. The Labute approximate surface area is 77.0 Å². The van der Waals surface area contributed by atoms with Gasteiger partial charge in [0.15, 0.2) is 0 Å². The van der Waals surface area contributed by atoms with Gasteiger partial charge in [-0.1, -0.05) is 6.42 Å². The molecule has 1 atom stereocenters. The van der Waals surface area contributed by atoms with E-state index in [4.69, 9.17) is 15.3 Å². The number of hydrogen-bond acceptors (Lipinski definition) is 4. The smallest absolute Gasteiger partial charge is 0.450 e. The minimum absolute atomic E-state index is 0.199. The van der Waals surface area contributed by atoms with Gasteiger partial charge in [-0.3, -0.25) is 0 Å². The van der Waals surface area contributed by atoms with Gasteiger partial charge in [0, 0.05) is 0 Å². The van der Waals surface area contributed by atoms with E-state index < -0.39 is 12.3 Å². The Morgan fingerprint density at radius 1 is 1.31 bits per heavy atom. The highest BCUT2D eigenvalue weighted by Crippen LogP contribution is 2.03. The standard InChI is InChI=1S/C8H16O5/c9-6-7(10)4-2-1-3-5-13-8(11)12/h7,9-10H,1-6H2,(H,11,12). The molecule has 5 heteroatoms. The van der Waals surface area contributed by atoms with Crippen LogP contribution in [0.15, 0.2) is 0 Å². The first-order valence-corrected chi connectivity index (χ1v) is 4.31. The highest BCUT2D eigenvalue weighted by atomic mass is 16.7. The number of unbranched alkanes of at least 4 members (excludes halogenated alkanes) is 2. The SMILES string of the molecule is O=C(O)OCCCCCC(O)CO. The summed E-state index contributed by atoms with van der Waals surface area (Å²) in [6.07, 6.45) is 0.860. The van der Waals surface area contributed by atoms with Gasteiger partial charge in [-0.2, -0.15) is 0 Å². The predicted octanol–water partition coefficient (Wildman–Crippen LogP) is 0.595. The highest BCUT2D eigenvalue weighted by Gasteiger charge is 2.01. The average molecular weight is 192 g/mol. The van der Waals surface area contributed by atoms with E-state index in [0.29, 0.717) is 12.8 Å². The van der Waals surface area contributed by atoms with Gasteiger partial charge in [-0.25, -0.2) is 4.79 Å². The molecule has 3 N–H and O–H groups in total. The third-order valence-electron chi connectivity index (χ3n) is 1.62. The molecule has 0 saturated heterocycles. The van der Waals surface area contributed by atoms with E-state index in [9.17, 15) is 4.79 Å². The zero-order chi connectivity index (χ0) is 10.1. The Balaban J connectivity index is 3.04. The summed E-state index contributed by atoms with van der Waals surface area (Å²) in [5.74, 6) is 0. The molecule has 0 aliphatic heterocycles. The Morgan fingerprint density at radius 2 is 2.00 bits per heavy atom. The van der Waals surface area contributed by atoms with Crippen molar-refractivity contribution in [2.75, 3.05) is 13.2 Å². The maximum atomic E-state index is 9.89.